The van der Waals surface area contributed by atoms with Crippen LogP contribution in [0.15, 0.2) is 48.5 Å². The van der Waals surface area contributed by atoms with Crippen LogP contribution in [0.5, 0.6) is 5.75 Å². The van der Waals surface area contributed by atoms with Crippen LogP contribution in [0.2, 0.25) is 0 Å². The van der Waals surface area contributed by atoms with Gasteiger partial charge in [0, 0.05) is 30.6 Å². The molecule has 0 aromatic heterocycles. The van der Waals surface area contributed by atoms with Crippen molar-refractivity contribution < 1.29 is 14.3 Å². The van der Waals surface area contributed by atoms with Crippen LogP contribution in [0.3, 0.4) is 0 Å². The lowest BCUT2D eigenvalue weighted by Gasteiger charge is -2.33. The van der Waals surface area contributed by atoms with Crippen molar-refractivity contribution in [2.45, 2.75) is 58.0 Å². The Morgan fingerprint density at radius 3 is 2.53 bits per heavy atom. The lowest BCUT2D eigenvalue weighted by Crippen LogP contribution is -2.47. The highest BCUT2D eigenvalue weighted by Gasteiger charge is 2.25. The second kappa shape index (κ2) is 11.0. The minimum atomic E-state index is -0.0836. The molecule has 2 aromatic carbocycles. The van der Waals surface area contributed by atoms with Crippen LogP contribution < -0.4 is 15.4 Å². The highest BCUT2D eigenvalue weighted by molar-refractivity contribution is 5.94. The Hall–Kier alpha value is -3.02. The van der Waals surface area contributed by atoms with E-state index in [1.54, 1.807) is 7.11 Å². The maximum absolute atomic E-state index is 13.0. The van der Waals surface area contributed by atoms with Crippen molar-refractivity contribution in [2.75, 3.05) is 20.2 Å². The second-order valence-electron chi connectivity index (χ2n) is 8.72. The molecule has 1 fully saturated rings. The first kappa shape index (κ1) is 23.6. The van der Waals surface area contributed by atoms with Crippen molar-refractivity contribution in [3.63, 3.8) is 0 Å². The van der Waals surface area contributed by atoms with Crippen LogP contribution in [0.1, 0.15) is 73.5 Å². The minimum absolute atomic E-state index is 0.0103. The minimum Gasteiger partial charge on any atom is -0.497 e. The molecule has 3 amide bonds. The summed E-state index contributed by atoms with van der Waals surface area (Å²) in [5, 5.41) is 6.14. The average molecular weight is 438 g/mol. The Labute approximate surface area is 191 Å². The van der Waals surface area contributed by atoms with Gasteiger partial charge in [0.15, 0.2) is 0 Å². The molecule has 2 aromatic rings. The van der Waals surface area contributed by atoms with Crippen LogP contribution in [0.4, 0.5) is 4.79 Å². The van der Waals surface area contributed by atoms with Gasteiger partial charge in [-0.1, -0.05) is 31.2 Å². The van der Waals surface area contributed by atoms with Gasteiger partial charge in [-0.2, -0.15) is 0 Å². The number of methoxy groups -OCH3 is 1. The zero-order valence-electron chi connectivity index (χ0n) is 19.6. The first-order chi connectivity index (χ1) is 15.4. The summed E-state index contributed by atoms with van der Waals surface area (Å²) in [5.41, 5.74) is 2.81. The van der Waals surface area contributed by atoms with E-state index in [0.717, 1.165) is 42.7 Å². The van der Waals surface area contributed by atoms with E-state index in [4.69, 9.17) is 4.74 Å². The number of piperidine rings is 1. The molecule has 172 valence electrons. The third-order valence-electron chi connectivity index (χ3n) is 5.97. The normalized spacial score (nSPS) is 17.0. The van der Waals surface area contributed by atoms with Gasteiger partial charge in [0.25, 0.3) is 5.91 Å². The van der Waals surface area contributed by atoms with Gasteiger partial charge in [-0.05, 0) is 68.5 Å². The number of urea groups is 1. The van der Waals surface area contributed by atoms with Gasteiger partial charge in [-0.25, -0.2) is 4.79 Å². The van der Waals surface area contributed by atoms with Gasteiger partial charge in [-0.15, -0.1) is 0 Å². The number of amides is 3. The fraction of sp³-hybridized carbons (Fsp3) is 0.462. The first-order valence-electron chi connectivity index (χ1n) is 11.5. The fourth-order valence-electron chi connectivity index (χ4n) is 4.20. The Balaban J connectivity index is 1.69. The third-order valence-corrected chi connectivity index (χ3v) is 5.97. The number of carbonyl (C=O) groups excluding carboxylic acids is 2. The van der Waals surface area contributed by atoms with Crippen molar-refractivity contribution in [2.24, 2.45) is 0 Å². The van der Waals surface area contributed by atoms with E-state index in [1.165, 1.54) is 0 Å². The molecule has 6 heteroatoms. The fourth-order valence-corrected chi connectivity index (χ4v) is 4.20. The SMILES string of the molecule is CC[C@@H](NC(=O)c1cccc([C@@H]2CCCN(C(=O)NC(C)C)C2)c1)c1ccc(OC)cc1. The molecule has 0 spiro atoms. The molecule has 1 heterocycles. The number of rotatable bonds is 7. The summed E-state index contributed by atoms with van der Waals surface area (Å²) in [4.78, 5) is 27.3. The van der Waals surface area contributed by atoms with Gasteiger partial charge in [0.1, 0.15) is 5.75 Å². The Bertz CT molecular complexity index is 911. The molecule has 32 heavy (non-hydrogen) atoms. The molecule has 1 aliphatic heterocycles. The molecular formula is C26H35N3O3. The Morgan fingerprint density at radius 2 is 1.88 bits per heavy atom. The number of ether oxygens (including phenoxy) is 1. The van der Waals surface area contributed by atoms with Gasteiger partial charge >= 0.3 is 6.03 Å². The Morgan fingerprint density at radius 1 is 1.12 bits per heavy atom. The molecule has 0 aliphatic carbocycles. The standard InChI is InChI=1S/C26H35N3O3/c1-5-24(19-11-13-23(32-4)14-12-19)28-25(30)21-9-6-8-20(16-21)22-10-7-15-29(17-22)26(31)27-18(2)3/h6,8-9,11-14,16,18,22,24H,5,7,10,15,17H2,1-4H3,(H,27,31)(H,28,30)/t22-,24-/m1/s1. The molecule has 2 atom stereocenters. The topological polar surface area (TPSA) is 70.7 Å². The van der Waals surface area contributed by atoms with Crippen molar-refractivity contribution in [3.8, 4) is 5.75 Å². The number of likely N-dealkylation sites (tertiary alicyclic amines) is 1. The zero-order chi connectivity index (χ0) is 23.1. The summed E-state index contributed by atoms with van der Waals surface area (Å²) in [6, 6.07) is 15.7. The van der Waals surface area contributed by atoms with Crippen molar-refractivity contribution in [3.05, 3.63) is 65.2 Å². The number of nitrogens with one attached hydrogen (secondary N) is 2. The molecule has 0 saturated carbocycles. The summed E-state index contributed by atoms with van der Waals surface area (Å²) in [7, 11) is 1.64. The number of hydrogen-bond donors (Lipinski definition) is 2. The maximum atomic E-state index is 13.0. The van der Waals surface area contributed by atoms with Crippen LogP contribution in [-0.2, 0) is 0 Å². The highest BCUT2D eigenvalue weighted by atomic mass is 16.5. The first-order valence-corrected chi connectivity index (χ1v) is 11.5. The van der Waals surface area contributed by atoms with Crippen LogP contribution >= 0.6 is 0 Å². The van der Waals surface area contributed by atoms with Crippen molar-refractivity contribution in [1.29, 1.82) is 0 Å². The number of nitrogens with zero attached hydrogens (tertiary/aromatic N) is 1. The average Bonchev–Trinajstić information content (AvgIpc) is 2.82. The summed E-state index contributed by atoms with van der Waals surface area (Å²) < 4.78 is 5.23. The third kappa shape index (κ3) is 6.02. The van der Waals surface area contributed by atoms with E-state index in [1.807, 2.05) is 61.2 Å². The van der Waals surface area contributed by atoms with Gasteiger partial charge in [0.2, 0.25) is 0 Å². The predicted molar refractivity (Wildman–Crippen MR) is 127 cm³/mol. The van der Waals surface area contributed by atoms with Crippen LogP contribution in [0, 0.1) is 0 Å². The molecule has 2 N–H and O–H groups in total. The molecule has 1 saturated heterocycles. The van der Waals surface area contributed by atoms with E-state index in [0.29, 0.717) is 12.1 Å². The van der Waals surface area contributed by atoms with Crippen molar-refractivity contribution >= 4 is 11.9 Å². The molecule has 0 radical (unpaired) electrons. The quantitative estimate of drug-likeness (QED) is 0.649. The summed E-state index contributed by atoms with van der Waals surface area (Å²) in [5.74, 6) is 0.948. The van der Waals surface area contributed by atoms with E-state index in [2.05, 4.69) is 23.6 Å². The molecule has 0 bridgehead atoms. The van der Waals surface area contributed by atoms with E-state index in [-0.39, 0.29) is 29.9 Å². The van der Waals surface area contributed by atoms with Gasteiger partial charge < -0.3 is 20.3 Å². The number of hydrogen-bond acceptors (Lipinski definition) is 3. The molecule has 3 rings (SSSR count). The van der Waals surface area contributed by atoms with E-state index in [9.17, 15) is 9.59 Å². The molecule has 6 nitrogen and oxygen atoms in total. The van der Waals surface area contributed by atoms with Crippen molar-refractivity contribution in [1.82, 2.24) is 15.5 Å². The lowest BCUT2D eigenvalue weighted by atomic mass is 9.89. The lowest BCUT2D eigenvalue weighted by molar-refractivity contribution is 0.0935. The molecule has 0 unspecified atom stereocenters. The smallest absolute Gasteiger partial charge is 0.317 e. The summed E-state index contributed by atoms with van der Waals surface area (Å²) in [6.45, 7) is 7.45. The van der Waals surface area contributed by atoms with Crippen LogP contribution in [0.25, 0.3) is 0 Å². The maximum Gasteiger partial charge on any atom is 0.317 e. The largest absolute Gasteiger partial charge is 0.497 e. The second-order valence-corrected chi connectivity index (χ2v) is 8.72. The zero-order valence-corrected chi connectivity index (χ0v) is 19.6. The van der Waals surface area contributed by atoms with Gasteiger partial charge in [0.05, 0.1) is 13.2 Å². The summed E-state index contributed by atoms with van der Waals surface area (Å²) in [6.07, 6.45) is 2.77. The van der Waals surface area contributed by atoms with Gasteiger partial charge in [-0.3, -0.25) is 4.79 Å². The Kier molecular flexibility index (Phi) is 8.14. The molecular weight excluding hydrogens is 402 g/mol. The predicted octanol–water partition coefficient (Wildman–Crippen LogP) is 4.87. The number of benzene rings is 2. The monoisotopic (exact) mass is 437 g/mol. The van der Waals surface area contributed by atoms with Crippen LogP contribution in [-0.4, -0.2) is 43.1 Å². The van der Waals surface area contributed by atoms with E-state index < -0.39 is 0 Å². The van der Waals surface area contributed by atoms with E-state index >= 15 is 0 Å². The molecule has 1 aliphatic rings. The summed E-state index contributed by atoms with van der Waals surface area (Å²) >= 11 is 0. The number of carbonyl (C=O) groups is 2. The highest BCUT2D eigenvalue weighted by Crippen LogP contribution is 2.28.